The lowest BCUT2D eigenvalue weighted by Gasteiger charge is -2.36. The number of aliphatic hydroxyl groups is 1. The van der Waals surface area contributed by atoms with Crippen LogP contribution in [-0.2, 0) is 13.1 Å². The summed E-state index contributed by atoms with van der Waals surface area (Å²) in [4.78, 5) is 70.4. The van der Waals surface area contributed by atoms with E-state index >= 15 is 4.39 Å². The van der Waals surface area contributed by atoms with E-state index in [-0.39, 0.29) is 47.2 Å². The predicted octanol–water partition coefficient (Wildman–Crippen LogP) is 3.01. The number of nitrogens with zero attached hydrogens (tertiary/aromatic N) is 8. The van der Waals surface area contributed by atoms with Gasteiger partial charge in [-0.05, 0) is 66.2 Å². The van der Waals surface area contributed by atoms with Crippen molar-refractivity contribution in [3.8, 4) is 5.69 Å². The Hall–Kier alpha value is -7.01. The second-order valence-corrected chi connectivity index (χ2v) is 12.8. The molecule has 0 radical (unpaired) electrons. The molecule has 3 N–H and O–H groups in total. The van der Waals surface area contributed by atoms with E-state index in [1.54, 1.807) is 34.1 Å². The summed E-state index contributed by atoms with van der Waals surface area (Å²) in [6.45, 7) is 1.33. The van der Waals surface area contributed by atoms with Crippen molar-refractivity contribution >= 4 is 45.2 Å². The summed E-state index contributed by atoms with van der Waals surface area (Å²) in [5.41, 5.74) is 1.12. The molecule has 0 unspecified atom stereocenters. The van der Waals surface area contributed by atoms with E-state index in [0.29, 0.717) is 48.9 Å². The van der Waals surface area contributed by atoms with Crippen LogP contribution >= 0.6 is 0 Å². The molecule has 0 bridgehead atoms. The molecule has 0 aliphatic carbocycles. The molecular weight excluding hydrogens is 714 g/mol. The standard InChI is InChI=1S/C38H32F2N10O5/c39-28-9-4-23(22-48-30-3-1-2-29(40)32(30)35(52)45-38(48)55)20-27(28)36(53)47-16-14-46(15-17-47)25-7-5-24(6-8-25)43-31-21-42-33-34(44-31)50(26-10-12-41-13-11-26)49(18-19-51)37(33)54/h1-13,20-21,51H,14-19,22H2,(H,43,44)(H,45,52,55). The van der Waals surface area contributed by atoms with E-state index < -0.39 is 28.8 Å². The fourth-order valence-electron chi connectivity index (χ4n) is 6.82. The van der Waals surface area contributed by atoms with Crippen molar-refractivity contribution in [3.05, 3.63) is 145 Å². The average molecular weight is 747 g/mol. The third-order valence-corrected chi connectivity index (χ3v) is 9.50. The fourth-order valence-corrected chi connectivity index (χ4v) is 6.82. The molecule has 0 spiro atoms. The highest BCUT2D eigenvalue weighted by Crippen LogP contribution is 2.24. The van der Waals surface area contributed by atoms with Gasteiger partial charge in [-0.2, -0.15) is 0 Å². The number of rotatable bonds is 9. The maximum Gasteiger partial charge on any atom is 0.329 e. The first-order chi connectivity index (χ1) is 26.7. The minimum Gasteiger partial charge on any atom is -0.394 e. The van der Waals surface area contributed by atoms with Crippen LogP contribution < -0.4 is 27.0 Å². The highest BCUT2D eigenvalue weighted by molar-refractivity contribution is 5.95. The van der Waals surface area contributed by atoms with Crippen molar-refractivity contribution in [2.24, 2.45) is 0 Å². The summed E-state index contributed by atoms with van der Waals surface area (Å²) in [6, 6.07) is 19.0. The fraction of sp³-hybridized carbons (Fsp3) is 0.184. The highest BCUT2D eigenvalue weighted by Gasteiger charge is 2.25. The van der Waals surface area contributed by atoms with E-state index in [0.717, 1.165) is 23.5 Å². The Balaban J connectivity index is 0.943. The van der Waals surface area contributed by atoms with Crippen LogP contribution in [0.25, 0.3) is 27.8 Å². The Morgan fingerprint density at radius 1 is 0.891 bits per heavy atom. The number of pyridine rings is 1. The number of hydrogen-bond acceptors (Lipinski definition) is 10. The topological polar surface area (TPSA) is 176 Å². The second kappa shape index (κ2) is 14.4. The third-order valence-electron chi connectivity index (χ3n) is 9.50. The van der Waals surface area contributed by atoms with Gasteiger partial charge in [0.1, 0.15) is 11.6 Å². The quantitative estimate of drug-likeness (QED) is 0.199. The number of anilines is 3. The van der Waals surface area contributed by atoms with Crippen molar-refractivity contribution in [2.45, 2.75) is 13.1 Å². The van der Waals surface area contributed by atoms with Crippen molar-refractivity contribution in [2.75, 3.05) is 43.0 Å². The Morgan fingerprint density at radius 2 is 1.65 bits per heavy atom. The van der Waals surface area contributed by atoms with E-state index in [2.05, 4.69) is 30.2 Å². The van der Waals surface area contributed by atoms with Crippen LogP contribution in [0.15, 0.2) is 106 Å². The van der Waals surface area contributed by atoms with Gasteiger partial charge in [0.2, 0.25) is 0 Å². The van der Waals surface area contributed by atoms with E-state index in [1.165, 1.54) is 39.7 Å². The number of nitrogens with one attached hydrogen (secondary N) is 2. The van der Waals surface area contributed by atoms with Crippen LogP contribution in [-0.4, -0.2) is 82.6 Å². The normalized spacial score (nSPS) is 13.1. The second-order valence-electron chi connectivity index (χ2n) is 12.8. The molecule has 0 atom stereocenters. The van der Waals surface area contributed by atoms with Crippen molar-refractivity contribution in [1.29, 1.82) is 0 Å². The lowest BCUT2D eigenvalue weighted by Crippen LogP contribution is -2.49. The number of halogens is 2. The maximum absolute atomic E-state index is 15.0. The summed E-state index contributed by atoms with van der Waals surface area (Å²) >= 11 is 0. The highest BCUT2D eigenvalue weighted by atomic mass is 19.1. The number of aliphatic hydroxyl groups excluding tert-OH is 1. The van der Waals surface area contributed by atoms with Crippen LogP contribution in [0.4, 0.5) is 26.0 Å². The van der Waals surface area contributed by atoms with Crippen LogP contribution in [0.2, 0.25) is 0 Å². The number of carbonyl (C=O) groups is 1. The summed E-state index contributed by atoms with van der Waals surface area (Å²) in [7, 11) is 0. The number of amides is 1. The Morgan fingerprint density at radius 3 is 2.40 bits per heavy atom. The zero-order valence-electron chi connectivity index (χ0n) is 29.0. The van der Waals surface area contributed by atoms with E-state index in [4.69, 9.17) is 0 Å². The average Bonchev–Trinajstić information content (AvgIpc) is 3.47. The third kappa shape index (κ3) is 6.61. The summed E-state index contributed by atoms with van der Waals surface area (Å²) in [5, 5.41) is 12.6. The lowest BCUT2D eigenvalue weighted by atomic mass is 10.1. The summed E-state index contributed by atoms with van der Waals surface area (Å²) in [5.74, 6) is -1.58. The first kappa shape index (κ1) is 35.0. The Bertz CT molecular complexity index is 2760. The van der Waals surface area contributed by atoms with Crippen LogP contribution in [0.3, 0.4) is 0 Å². The van der Waals surface area contributed by atoms with Gasteiger partial charge in [0.25, 0.3) is 17.0 Å². The lowest BCUT2D eigenvalue weighted by molar-refractivity contribution is 0.0742. The molecule has 55 heavy (non-hydrogen) atoms. The van der Waals surface area contributed by atoms with Crippen LogP contribution in [0, 0.1) is 11.6 Å². The van der Waals surface area contributed by atoms with Crippen LogP contribution in [0.1, 0.15) is 15.9 Å². The number of benzene rings is 3. The number of piperazine rings is 1. The van der Waals surface area contributed by atoms with Gasteiger partial charge in [-0.15, -0.1) is 0 Å². The largest absolute Gasteiger partial charge is 0.394 e. The molecule has 3 aromatic carbocycles. The molecule has 1 aliphatic heterocycles. The molecule has 7 aromatic rings. The van der Waals surface area contributed by atoms with Gasteiger partial charge in [-0.25, -0.2) is 32.9 Å². The minimum absolute atomic E-state index is 0.0564. The molecule has 4 aromatic heterocycles. The number of carbonyl (C=O) groups excluding carboxylic acids is 1. The Labute approximate surface area is 309 Å². The van der Waals surface area contributed by atoms with Gasteiger partial charge in [0.05, 0.1) is 48.0 Å². The van der Waals surface area contributed by atoms with Crippen molar-refractivity contribution < 1.29 is 18.7 Å². The van der Waals surface area contributed by atoms with Crippen molar-refractivity contribution in [1.82, 2.24) is 38.8 Å². The van der Waals surface area contributed by atoms with E-state index in [1.807, 2.05) is 24.3 Å². The zero-order valence-corrected chi connectivity index (χ0v) is 29.0. The van der Waals surface area contributed by atoms with Gasteiger partial charge >= 0.3 is 5.69 Å². The molecule has 1 aliphatic rings. The molecule has 15 nitrogen and oxygen atoms in total. The maximum atomic E-state index is 15.0. The predicted molar refractivity (Wildman–Crippen MR) is 200 cm³/mol. The SMILES string of the molecule is O=C(c1cc(Cn2c(=O)[nH]c(=O)c3c(F)cccc32)ccc1F)N1CCN(c2ccc(Nc3cnc4c(=O)n(CCO)n(-c5ccncc5)c4n3)cc2)CC1. The monoisotopic (exact) mass is 746 g/mol. The summed E-state index contributed by atoms with van der Waals surface area (Å²) in [6.07, 6.45) is 4.67. The van der Waals surface area contributed by atoms with Gasteiger partial charge in [0, 0.05) is 49.9 Å². The zero-order chi connectivity index (χ0) is 38.2. The van der Waals surface area contributed by atoms with Crippen LogP contribution in [0.5, 0.6) is 0 Å². The molecule has 8 rings (SSSR count). The minimum atomic E-state index is -0.845. The number of H-pyrrole nitrogens is 1. The molecule has 278 valence electrons. The first-order valence-electron chi connectivity index (χ1n) is 17.3. The molecule has 1 amide bonds. The molecular formula is C38H32F2N10O5. The van der Waals surface area contributed by atoms with Gasteiger partial charge in [0.15, 0.2) is 17.0 Å². The molecule has 0 saturated carbocycles. The van der Waals surface area contributed by atoms with Gasteiger partial charge in [-0.3, -0.25) is 28.9 Å². The number of aromatic nitrogens is 7. The number of aromatic amines is 1. The molecule has 5 heterocycles. The van der Waals surface area contributed by atoms with Gasteiger partial charge < -0.3 is 20.2 Å². The molecule has 1 saturated heterocycles. The smallest absolute Gasteiger partial charge is 0.329 e. The van der Waals surface area contributed by atoms with Gasteiger partial charge in [-0.1, -0.05) is 12.1 Å². The molecule has 1 fully saturated rings. The van der Waals surface area contributed by atoms with E-state index in [9.17, 15) is 28.7 Å². The summed E-state index contributed by atoms with van der Waals surface area (Å²) < 4.78 is 33.6. The number of hydrogen-bond donors (Lipinski definition) is 3. The molecule has 17 heteroatoms. The van der Waals surface area contributed by atoms with Crippen molar-refractivity contribution in [3.63, 3.8) is 0 Å². The first-order valence-corrected chi connectivity index (χ1v) is 17.3. The Kier molecular flexibility index (Phi) is 9.19. The number of fused-ring (bicyclic) bond motifs is 2.